The second-order valence-electron chi connectivity index (χ2n) is 5.33. The lowest BCUT2D eigenvalue weighted by atomic mass is 9.86. The van der Waals surface area contributed by atoms with Crippen molar-refractivity contribution < 1.29 is 14.3 Å². The summed E-state index contributed by atoms with van der Waals surface area (Å²) in [5.41, 5.74) is 6.74. The number of benzene rings is 1. The number of hydrogen-bond donors (Lipinski definition) is 1. The van der Waals surface area contributed by atoms with Crippen LogP contribution in [0.4, 0.5) is 0 Å². The van der Waals surface area contributed by atoms with Crippen molar-refractivity contribution in [2.24, 2.45) is 11.7 Å². The Morgan fingerprint density at radius 3 is 2.60 bits per heavy atom. The second-order valence-corrected chi connectivity index (χ2v) is 5.33. The lowest BCUT2D eigenvalue weighted by molar-refractivity contribution is -0.139. The number of rotatable bonds is 5. The average molecular weight is 277 g/mol. The third kappa shape index (κ3) is 3.97. The number of hydrogen-bond acceptors (Lipinski definition) is 4. The normalized spacial score (nSPS) is 22.3. The van der Waals surface area contributed by atoms with Crippen LogP contribution >= 0.6 is 0 Å². The first-order chi connectivity index (χ1) is 9.72. The van der Waals surface area contributed by atoms with E-state index in [1.54, 1.807) is 0 Å². The van der Waals surface area contributed by atoms with E-state index >= 15 is 0 Å². The second kappa shape index (κ2) is 7.29. The molecular formula is C16H23NO3. The van der Waals surface area contributed by atoms with Crippen molar-refractivity contribution in [3.63, 3.8) is 0 Å². The Bertz CT molecular complexity index is 430. The molecule has 2 atom stereocenters. The van der Waals surface area contributed by atoms with Crippen LogP contribution in [0.1, 0.15) is 31.2 Å². The fraction of sp³-hybridized carbons (Fsp3) is 0.562. The van der Waals surface area contributed by atoms with Gasteiger partial charge in [-0.25, -0.2) is 0 Å². The van der Waals surface area contributed by atoms with Gasteiger partial charge in [-0.15, -0.1) is 0 Å². The maximum atomic E-state index is 11.2. The molecule has 0 aromatic heterocycles. The molecule has 2 rings (SSSR count). The minimum atomic E-state index is -0.228. The zero-order valence-electron chi connectivity index (χ0n) is 12.0. The third-order valence-corrected chi connectivity index (χ3v) is 3.93. The Morgan fingerprint density at radius 2 is 1.95 bits per heavy atom. The number of ether oxygens (including phenoxy) is 2. The highest BCUT2D eigenvalue weighted by atomic mass is 16.5. The van der Waals surface area contributed by atoms with Gasteiger partial charge < -0.3 is 15.2 Å². The molecule has 1 aliphatic carbocycles. The van der Waals surface area contributed by atoms with Gasteiger partial charge in [0.05, 0.1) is 13.5 Å². The van der Waals surface area contributed by atoms with Crippen molar-refractivity contribution in [2.45, 2.75) is 38.2 Å². The van der Waals surface area contributed by atoms with Crippen LogP contribution in [0.15, 0.2) is 24.3 Å². The summed E-state index contributed by atoms with van der Waals surface area (Å²) in [6, 6.07) is 7.65. The van der Waals surface area contributed by atoms with Crippen LogP contribution < -0.4 is 10.5 Å². The molecule has 2 N–H and O–H groups in total. The van der Waals surface area contributed by atoms with E-state index in [1.807, 2.05) is 24.3 Å². The molecule has 0 aliphatic heterocycles. The molecule has 1 aromatic rings. The molecule has 0 bridgehead atoms. The van der Waals surface area contributed by atoms with Gasteiger partial charge in [0.2, 0.25) is 0 Å². The Kier molecular flexibility index (Phi) is 5.41. The molecule has 20 heavy (non-hydrogen) atoms. The predicted octanol–water partition coefficient (Wildman–Crippen LogP) is 2.30. The van der Waals surface area contributed by atoms with E-state index in [-0.39, 0.29) is 12.1 Å². The van der Waals surface area contributed by atoms with Gasteiger partial charge in [0.25, 0.3) is 0 Å². The predicted molar refractivity (Wildman–Crippen MR) is 77.6 cm³/mol. The molecule has 0 amide bonds. The van der Waals surface area contributed by atoms with Gasteiger partial charge in [0.15, 0.2) is 0 Å². The van der Waals surface area contributed by atoms with E-state index in [1.165, 1.54) is 20.0 Å². The van der Waals surface area contributed by atoms with E-state index in [2.05, 4.69) is 4.74 Å². The summed E-state index contributed by atoms with van der Waals surface area (Å²) in [6.07, 6.45) is 5.21. The average Bonchev–Trinajstić information content (AvgIpc) is 2.49. The fourth-order valence-corrected chi connectivity index (χ4v) is 2.70. The number of carbonyl (C=O) groups excluding carboxylic acids is 1. The minimum Gasteiger partial charge on any atom is -0.490 e. The summed E-state index contributed by atoms with van der Waals surface area (Å²) in [7, 11) is 1.40. The van der Waals surface area contributed by atoms with E-state index in [4.69, 9.17) is 10.5 Å². The molecule has 110 valence electrons. The Hall–Kier alpha value is -1.55. The summed E-state index contributed by atoms with van der Waals surface area (Å²) in [5, 5.41) is 0. The molecule has 4 heteroatoms. The number of carbonyl (C=O) groups is 1. The first kappa shape index (κ1) is 14.9. The van der Waals surface area contributed by atoms with E-state index in [0.717, 1.165) is 24.2 Å². The van der Waals surface area contributed by atoms with Gasteiger partial charge >= 0.3 is 5.97 Å². The zero-order valence-corrected chi connectivity index (χ0v) is 12.0. The lowest BCUT2D eigenvalue weighted by Crippen LogP contribution is -2.35. The molecule has 0 heterocycles. The number of esters is 1. The van der Waals surface area contributed by atoms with Crippen LogP contribution in [-0.2, 0) is 16.0 Å². The molecule has 0 spiro atoms. The quantitative estimate of drug-likeness (QED) is 0.839. The van der Waals surface area contributed by atoms with Gasteiger partial charge in [-0.2, -0.15) is 0 Å². The van der Waals surface area contributed by atoms with Crippen molar-refractivity contribution in [2.75, 3.05) is 13.7 Å². The van der Waals surface area contributed by atoms with Crippen molar-refractivity contribution in [3.05, 3.63) is 29.8 Å². The molecule has 0 saturated heterocycles. The maximum absolute atomic E-state index is 11.2. The van der Waals surface area contributed by atoms with Crippen LogP contribution in [-0.4, -0.2) is 25.7 Å². The van der Waals surface area contributed by atoms with Gasteiger partial charge in [-0.3, -0.25) is 4.79 Å². The molecule has 4 nitrogen and oxygen atoms in total. The fourth-order valence-electron chi connectivity index (χ4n) is 2.70. The lowest BCUT2D eigenvalue weighted by Gasteiger charge is -2.31. The van der Waals surface area contributed by atoms with Gasteiger partial charge in [0, 0.05) is 5.92 Å². The summed E-state index contributed by atoms with van der Waals surface area (Å²) < 4.78 is 10.7. The summed E-state index contributed by atoms with van der Waals surface area (Å²) >= 11 is 0. The van der Waals surface area contributed by atoms with E-state index in [9.17, 15) is 4.79 Å². The van der Waals surface area contributed by atoms with Crippen molar-refractivity contribution in [3.8, 4) is 5.75 Å². The van der Waals surface area contributed by atoms with Gasteiger partial charge in [-0.05, 0) is 43.5 Å². The Balaban J connectivity index is 1.94. The largest absolute Gasteiger partial charge is 0.490 e. The first-order valence-electron chi connectivity index (χ1n) is 7.25. The van der Waals surface area contributed by atoms with Crippen LogP contribution in [0, 0.1) is 5.92 Å². The molecule has 1 fully saturated rings. The summed E-state index contributed by atoms with van der Waals surface area (Å²) in [5.74, 6) is 1.08. The molecule has 1 aromatic carbocycles. The SMILES string of the molecule is COC(=O)Cc1ccc(OC2CCCCC2CN)cc1. The highest BCUT2D eigenvalue weighted by Gasteiger charge is 2.25. The molecular weight excluding hydrogens is 254 g/mol. The van der Waals surface area contributed by atoms with Crippen LogP contribution in [0.5, 0.6) is 5.75 Å². The zero-order chi connectivity index (χ0) is 14.4. The smallest absolute Gasteiger partial charge is 0.309 e. The summed E-state index contributed by atoms with van der Waals surface area (Å²) in [4.78, 5) is 11.2. The monoisotopic (exact) mass is 277 g/mol. The molecule has 0 radical (unpaired) electrons. The van der Waals surface area contributed by atoms with Crippen LogP contribution in [0.2, 0.25) is 0 Å². The van der Waals surface area contributed by atoms with E-state index in [0.29, 0.717) is 18.9 Å². The van der Waals surface area contributed by atoms with Gasteiger partial charge in [0.1, 0.15) is 11.9 Å². The van der Waals surface area contributed by atoms with Crippen LogP contribution in [0.3, 0.4) is 0 Å². The number of methoxy groups -OCH3 is 1. The van der Waals surface area contributed by atoms with Crippen molar-refractivity contribution in [1.29, 1.82) is 0 Å². The number of nitrogens with two attached hydrogens (primary N) is 1. The Labute approximate surface area is 120 Å². The first-order valence-corrected chi connectivity index (χ1v) is 7.25. The molecule has 1 saturated carbocycles. The molecule has 1 aliphatic rings. The van der Waals surface area contributed by atoms with Crippen molar-refractivity contribution in [1.82, 2.24) is 0 Å². The summed E-state index contributed by atoms with van der Waals surface area (Å²) in [6.45, 7) is 0.686. The standard InChI is InChI=1S/C16H23NO3/c1-19-16(18)10-12-6-8-14(9-7-12)20-15-5-3-2-4-13(15)11-17/h6-9,13,15H,2-5,10-11,17H2,1H3. The highest BCUT2D eigenvalue weighted by Crippen LogP contribution is 2.28. The van der Waals surface area contributed by atoms with E-state index < -0.39 is 0 Å². The topological polar surface area (TPSA) is 61.5 Å². The third-order valence-electron chi connectivity index (χ3n) is 3.93. The highest BCUT2D eigenvalue weighted by molar-refractivity contribution is 5.72. The van der Waals surface area contributed by atoms with Crippen LogP contribution in [0.25, 0.3) is 0 Å². The van der Waals surface area contributed by atoms with Crippen molar-refractivity contribution >= 4 is 5.97 Å². The molecule has 2 unspecified atom stereocenters. The Morgan fingerprint density at radius 1 is 1.25 bits per heavy atom. The maximum Gasteiger partial charge on any atom is 0.309 e. The van der Waals surface area contributed by atoms with Gasteiger partial charge in [-0.1, -0.05) is 18.6 Å². The minimum absolute atomic E-state index is 0.222.